The maximum atomic E-state index is 12.3. The van der Waals surface area contributed by atoms with Gasteiger partial charge in [-0.3, -0.25) is 14.5 Å². The van der Waals surface area contributed by atoms with Crippen molar-refractivity contribution in [2.75, 3.05) is 18.1 Å². The van der Waals surface area contributed by atoms with Crippen molar-refractivity contribution < 1.29 is 14.3 Å². The lowest BCUT2D eigenvalue weighted by Crippen LogP contribution is -2.49. The molecule has 6 nitrogen and oxygen atoms in total. The summed E-state index contributed by atoms with van der Waals surface area (Å²) in [6.07, 6.45) is 6.13. The van der Waals surface area contributed by atoms with Crippen molar-refractivity contribution in [2.45, 2.75) is 38.6 Å². The molecule has 1 N–H and O–H groups in total. The van der Waals surface area contributed by atoms with E-state index in [-0.39, 0.29) is 31.0 Å². The van der Waals surface area contributed by atoms with Crippen molar-refractivity contribution >= 4 is 17.6 Å². The van der Waals surface area contributed by atoms with Crippen molar-refractivity contribution in [3.63, 3.8) is 0 Å². The van der Waals surface area contributed by atoms with E-state index in [2.05, 4.69) is 17.2 Å². The lowest BCUT2D eigenvalue weighted by molar-refractivity contribution is -0.126. The minimum absolute atomic E-state index is 0.00454. The second kappa shape index (κ2) is 6.34. The van der Waals surface area contributed by atoms with E-state index in [1.54, 1.807) is 18.3 Å². The third kappa shape index (κ3) is 3.05. The highest BCUT2D eigenvalue weighted by Gasteiger charge is 2.30. The smallest absolute Gasteiger partial charge is 0.266 e. The van der Waals surface area contributed by atoms with Gasteiger partial charge in [-0.2, -0.15) is 0 Å². The first kappa shape index (κ1) is 14.8. The Labute approximate surface area is 129 Å². The van der Waals surface area contributed by atoms with Crippen LogP contribution in [0.1, 0.15) is 32.6 Å². The largest absolute Gasteiger partial charge is 0.480 e. The van der Waals surface area contributed by atoms with Gasteiger partial charge in [0.05, 0.1) is 0 Å². The van der Waals surface area contributed by atoms with Gasteiger partial charge >= 0.3 is 0 Å². The molecule has 1 saturated carbocycles. The number of carbonyl (C=O) groups is 2. The highest BCUT2D eigenvalue weighted by molar-refractivity contribution is 6.01. The zero-order chi connectivity index (χ0) is 15.5. The first-order valence-corrected chi connectivity index (χ1v) is 7.82. The Balaban J connectivity index is 1.67. The third-order valence-corrected chi connectivity index (χ3v) is 4.42. The van der Waals surface area contributed by atoms with Crippen molar-refractivity contribution in [3.8, 4) is 5.75 Å². The molecular weight excluding hydrogens is 282 g/mol. The van der Waals surface area contributed by atoms with Gasteiger partial charge in [0, 0.05) is 12.2 Å². The summed E-state index contributed by atoms with van der Waals surface area (Å²) in [4.78, 5) is 29.9. The summed E-state index contributed by atoms with van der Waals surface area (Å²) in [5.74, 6) is 1.08. The molecule has 2 heterocycles. The Kier molecular flexibility index (Phi) is 4.27. The van der Waals surface area contributed by atoms with E-state index in [0.29, 0.717) is 17.5 Å². The van der Waals surface area contributed by atoms with Crippen LogP contribution in [0.3, 0.4) is 0 Å². The molecule has 0 saturated heterocycles. The van der Waals surface area contributed by atoms with Gasteiger partial charge in [0.25, 0.3) is 5.91 Å². The normalized spacial score (nSPS) is 24.4. The monoisotopic (exact) mass is 303 g/mol. The number of anilines is 1. The van der Waals surface area contributed by atoms with Crippen LogP contribution in [0.4, 0.5) is 5.82 Å². The summed E-state index contributed by atoms with van der Waals surface area (Å²) in [6.45, 7) is 2.11. The van der Waals surface area contributed by atoms with Crippen LogP contribution < -0.4 is 15.0 Å². The number of nitrogens with zero attached hydrogens (tertiary/aromatic N) is 2. The average molecular weight is 303 g/mol. The van der Waals surface area contributed by atoms with Crippen molar-refractivity contribution in [2.24, 2.45) is 5.92 Å². The van der Waals surface area contributed by atoms with Crippen molar-refractivity contribution in [1.29, 1.82) is 0 Å². The molecule has 0 aromatic carbocycles. The number of carbonyl (C=O) groups excluding carboxylic acids is 2. The van der Waals surface area contributed by atoms with Crippen LogP contribution in [0, 0.1) is 5.92 Å². The molecule has 2 atom stereocenters. The molecule has 0 bridgehead atoms. The Morgan fingerprint density at radius 3 is 3.09 bits per heavy atom. The zero-order valence-electron chi connectivity index (χ0n) is 12.7. The van der Waals surface area contributed by atoms with Gasteiger partial charge in [-0.05, 0) is 30.9 Å². The van der Waals surface area contributed by atoms with Gasteiger partial charge < -0.3 is 10.1 Å². The summed E-state index contributed by atoms with van der Waals surface area (Å²) in [5, 5.41) is 3.07. The van der Waals surface area contributed by atoms with Crippen LogP contribution in [0.25, 0.3) is 0 Å². The molecule has 1 aliphatic heterocycles. The van der Waals surface area contributed by atoms with Crippen LogP contribution in [-0.4, -0.2) is 36.0 Å². The Morgan fingerprint density at radius 1 is 1.45 bits per heavy atom. The first-order valence-electron chi connectivity index (χ1n) is 7.82. The fourth-order valence-corrected chi connectivity index (χ4v) is 3.12. The van der Waals surface area contributed by atoms with Gasteiger partial charge in [-0.15, -0.1) is 0 Å². The SMILES string of the molecule is CC1CCCCC1NC(=O)CN1C(=O)COc2cccnc21. The van der Waals surface area contributed by atoms with E-state index >= 15 is 0 Å². The van der Waals surface area contributed by atoms with Crippen LogP contribution in [0.5, 0.6) is 5.75 Å². The zero-order valence-corrected chi connectivity index (χ0v) is 12.7. The van der Waals surface area contributed by atoms with Gasteiger partial charge in [-0.1, -0.05) is 19.8 Å². The number of fused-ring (bicyclic) bond motifs is 1. The number of rotatable bonds is 3. The van der Waals surface area contributed by atoms with E-state index in [4.69, 9.17) is 4.74 Å². The standard InChI is InChI=1S/C16H21N3O3/c1-11-5-2-3-6-12(11)18-14(20)9-19-15(21)10-22-13-7-4-8-17-16(13)19/h4,7-8,11-12H,2-3,5-6,9-10H2,1H3,(H,18,20). The van der Waals surface area contributed by atoms with Crippen molar-refractivity contribution in [1.82, 2.24) is 10.3 Å². The van der Waals surface area contributed by atoms with Crippen LogP contribution >= 0.6 is 0 Å². The maximum absolute atomic E-state index is 12.3. The molecule has 118 valence electrons. The number of hydrogen-bond acceptors (Lipinski definition) is 4. The van der Waals surface area contributed by atoms with Crippen molar-refractivity contribution in [3.05, 3.63) is 18.3 Å². The van der Waals surface area contributed by atoms with E-state index in [1.807, 2.05) is 0 Å². The number of amides is 2. The molecule has 0 radical (unpaired) electrons. The molecule has 2 aliphatic rings. The molecule has 6 heteroatoms. The van der Waals surface area contributed by atoms with E-state index in [0.717, 1.165) is 19.3 Å². The molecule has 1 aromatic heterocycles. The Morgan fingerprint density at radius 2 is 2.27 bits per heavy atom. The van der Waals surface area contributed by atoms with Gasteiger partial charge in [-0.25, -0.2) is 4.98 Å². The number of nitrogens with one attached hydrogen (secondary N) is 1. The molecule has 1 aliphatic carbocycles. The molecule has 1 fully saturated rings. The van der Waals surface area contributed by atoms with E-state index < -0.39 is 0 Å². The fraction of sp³-hybridized carbons (Fsp3) is 0.562. The highest BCUT2D eigenvalue weighted by Crippen LogP contribution is 2.29. The lowest BCUT2D eigenvalue weighted by Gasteiger charge is -2.31. The fourth-order valence-electron chi connectivity index (χ4n) is 3.12. The minimum Gasteiger partial charge on any atom is -0.480 e. The molecule has 2 unspecified atom stereocenters. The summed E-state index contributed by atoms with van der Waals surface area (Å²) < 4.78 is 5.33. The van der Waals surface area contributed by atoms with Crippen LogP contribution in [0.15, 0.2) is 18.3 Å². The Bertz CT molecular complexity index is 576. The number of hydrogen-bond donors (Lipinski definition) is 1. The number of aromatic nitrogens is 1. The first-order chi connectivity index (χ1) is 10.6. The quantitative estimate of drug-likeness (QED) is 0.918. The second-order valence-electron chi connectivity index (χ2n) is 6.03. The summed E-state index contributed by atoms with van der Waals surface area (Å²) in [5.41, 5.74) is 0. The van der Waals surface area contributed by atoms with Gasteiger partial charge in [0.1, 0.15) is 6.54 Å². The van der Waals surface area contributed by atoms with Gasteiger partial charge in [0.2, 0.25) is 5.91 Å². The van der Waals surface area contributed by atoms with Crippen LogP contribution in [0.2, 0.25) is 0 Å². The van der Waals surface area contributed by atoms with Crippen LogP contribution in [-0.2, 0) is 9.59 Å². The summed E-state index contributed by atoms with van der Waals surface area (Å²) >= 11 is 0. The van der Waals surface area contributed by atoms with Gasteiger partial charge in [0.15, 0.2) is 18.2 Å². The minimum atomic E-state index is -0.238. The third-order valence-electron chi connectivity index (χ3n) is 4.42. The Hall–Kier alpha value is -2.11. The highest BCUT2D eigenvalue weighted by atomic mass is 16.5. The summed E-state index contributed by atoms with van der Waals surface area (Å²) in [6, 6.07) is 3.71. The molecule has 3 rings (SSSR count). The molecule has 22 heavy (non-hydrogen) atoms. The molecule has 2 amide bonds. The maximum Gasteiger partial charge on any atom is 0.266 e. The number of ether oxygens (including phenoxy) is 1. The van der Waals surface area contributed by atoms with E-state index in [9.17, 15) is 9.59 Å². The predicted molar refractivity (Wildman–Crippen MR) is 81.6 cm³/mol. The predicted octanol–water partition coefficient (Wildman–Crippen LogP) is 1.50. The molecular formula is C16H21N3O3. The molecule has 1 aromatic rings. The lowest BCUT2D eigenvalue weighted by atomic mass is 9.86. The number of pyridine rings is 1. The average Bonchev–Trinajstić information content (AvgIpc) is 2.52. The second-order valence-corrected chi connectivity index (χ2v) is 6.03. The summed E-state index contributed by atoms with van der Waals surface area (Å²) in [7, 11) is 0. The molecule has 0 spiro atoms. The topological polar surface area (TPSA) is 71.5 Å². The van der Waals surface area contributed by atoms with E-state index in [1.165, 1.54) is 11.3 Å².